The Balaban J connectivity index is 2.16. The topological polar surface area (TPSA) is 94.8 Å². The Morgan fingerprint density at radius 1 is 1.60 bits per heavy atom. The molecule has 0 saturated carbocycles. The van der Waals surface area contributed by atoms with E-state index >= 15 is 0 Å². The Morgan fingerprint density at radius 3 is 3.00 bits per heavy atom. The lowest BCUT2D eigenvalue weighted by molar-refractivity contribution is -0.298. The highest BCUT2D eigenvalue weighted by Gasteiger charge is 2.09. The molecule has 6 nitrogen and oxygen atoms in total. The molecule has 0 aromatic carbocycles. The lowest BCUT2D eigenvalue weighted by Gasteiger charge is -2.04. The maximum absolute atomic E-state index is 11.1. The highest BCUT2D eigenvalue weighted by Crippen LogP contribution is 2.26. The van der Waals surface area contributed by atoms with Crippen molar-refractivity contribution < 1.29 is 14.3 Å². The monoisotopic (exact) mass is 356 g/mol. The third-order valence-corrected chi connectivity index (χ3v) is 3.56. The Bertz CT molecular complexity index is 635. The van der Waals surface area contributed by atoms with Gasteiger partial charge in [0.25, 0.3) is 0 Å². The van der Waals surface area contributed by atoms with E-state index < -0.39 is 5.97 Å². The molecule has 0 spiro atoms. The first-order valence-corrected chi connectivity index (χ1v) is 7.47. The van der Waals surface area contributed by atoms with Crippen LogP contribution in [0.5, 0.6) is 0 Å². The molecule has 0 unspecified atom stereocenters. The van der Waals surface area contributed by atoms with Gasteiger partial charge in [-0.15, -0.1) is 5.10 Å². The predicted molar refractivity (Wildman–Crippen MR) is 75.6 cm³/mol. The number of thioether (sulfide) groups is 1. The van der Waals surface area contributed by atoms with Gasteiger partial charge < -0.3 is 14.3 Å². The standard InChI is InChI=1S/C12H12BrN3O3S/c1-2-3-10-14-12(16-15-10)20-8(11(17)18)6-7-4-5-9(13)19-7/h4-6H,2-3H2,1H3,(H,17,18)(H,14,15,16)/p-1/b8-6+. The largest absolute Gasteiger partial charge is 0.544 e. The predicted octanol–water partition coefficient (Wildman–Crippen LogP) is 2.00. The number of rotatable bonds is 6. The Hall–Kier alpha value is -1.54. The van der Waals surface area contributed by atoms with Crippen LogP contribution in [-0.2, 0) is 11.2 Å². The van der Waals surface area contributed by atoms with Crippen molar-refractivity contribution in [1.82, 2.24) is 15.2 Å². The van der Waals surface area contributed by atoms with Crippen LogP contribution in [-0.4, -0.2) is 21.2 Å². The van der Waals surface area contributed by atoms with Gasteiger partial charge >= 0.3 is 0 Å². The molecule has 0 radical (unpaired) electrons. The summed E-state index contributed by atoms with van der Waals surface area (Å²) in [5.74, 6) is -0.161. The van der Waals surface area contributed by atoms with Crippen LogP contribution in [0.4, 0.5) is 0 Å². The summed E-state index contributed by atoms with van der Waals surface area (Å²) in [4.78, 5) is 15.3. The van der Waals surface area contributed by atoms with Crippen LogP contribution in [0.3, 0.4) is 0 Å². The molecule has 2 aromatic rings. The smallest absolute Gasteiger partial charge is 0.213 e. The molecule has 0 amide bonds. The first-order chi connectivity index (χ1) is 9.58. The molecule has 0 aliphatic carbocycles. The average molecular weight is 357 g/mol. The molecule has 106 valence electrons. The number of hydrogen-bond acceptors (Lipinski definition) is 6. The maximum atomic E-state index is 11.1. The molecular formula is C12H11BrN3O3S-. The van der Waals surface area contributed by atoms with Gasteiger partial charge in [-0.05, 0) is 52.3 Å². The molecular weight excluding hydrogens is 346 g/mol. The number of aromatic nitrogens is 3. The van der Waals surface area contributed by atoms with Crippen molar-refractivity contribution >= 4 is 39.7 Å². The van der Waals surface area contributed by atoms with Gasteiger partial charge in [0, 0.05) is 11.3 Å². The number of H-pyrrole nitrogens is 1. The number of halogens is 1. The molecule has 2 rings (SSSR count). The van der Waals surface area contributed by atoms with Gasteiger partial charge in [0.2, 0.25) is 5.16 Å². The van der Waals surface area contributed by atoms with Crippen LogP contribution in [0.15, 0.2) is 31.3 Å². The van der Waals surface area contributed by atoms with Crippen molar-refractivity contribution in [3.8, 4) is 0 Å². The Labute approximate surface area is 127 Å². The van der Waals surface area contributed by atoms with Gasteiger partial charge in [-0.2, -0.15) is 0 Å². The summed E-state index contributed by atoms with van der Waals surface area (Å²) in [6, 6.07) is 3.32. The summed E-state index contributed by atoms with van der Waals surface area (Å²) in [7, 11) is 0. The number of aryl methyl sites for hydroxylation is 1. The number of nitrogens with zero attached hydrogens (tertiary/aromatic N) is 2. The van der Waals surface area contributed by atoms with Gasteiger partial charge in [0.15, 0.2) is 4.67 Å². The van der Waals surface area contributed by atoms with Gasteiger partial charge in [-0.3, -0.25) is 5.10 Å². The van der Waals surface area contributed by atoms with Crippen LogP contribution in [0, 0.1) is 0 Å². The normalized spacial score (nSPS) is 11.8. The number of nitrogens with one attached hydrogen (secondary N) is 1. The molecule has 1 N–H and O–H groups in total. The zero-order chi connectivity index (χ0) is 14.5. The lowest BCUT2D eigenvalue weighted by atomic mass is 10.3. The van der Waals surface area contributed by atoms with E-state index in [1.807, 2.05) is 6.92 Å². The minimum absolute atomic E-state index is 0.0195. The Morgan fingerprint density at radius 2 is 2.40 bits per heavy atom. The van der Waals surface area contributed by atoms with Crippen molar-refractivity contribution in [2.45, 2.75) is 24.9 Å². The van der Waals surface area contributed by atoms with Crippen LogP contribution < -0.4 is 5.11 Å². The van der Waals surface area contributed by atoms with Crippen molar-refractivity contribution in [1.29, 1.82) is 0 Å². The summed E-state index contributed by atoms with van der Waals surface area (Å²) in [5.41, 5.74) is 0. The van der Waals surface area contributed by atoms with Crippen molar-refractivity contribution in [2.75, 3.05) is 0 Å². The van der Waals surface area contributed by atoms with Gasteiger partial charge in [0.1, 0.15) is 11.6 Å². The molecule has 0 aliphatic heterocycles. The van der Waals surface area contributed by atoms with E-state index in [4.69, 9.17) is 4.42 Å². The van der Waals surface area contributed by atoms with Crippen LogP contribution in [0.2, 0.25) is 0 Å². The molecule has 2 aromatic heterocycles. The quantitative estimate of drug-likeness (QED) is 0.628. The van der Waals surface area contributed by atoms with Crippen LogP contribution in [0.1, 0.15) is 24.9 Å². The van der Waals surface area contributed by atoms with E-state index in [1.54, 1.807) is 12.1 Å². The van der Waals surface area contributed by atoms with E-state index in [0.717, 1.165) is 30.4 Å². The number of furan rings is 1. The van der Waals surface area contributed by atoms with Gasteiger partial charge in [-0.25, -0.2) is 4.98 Å². The maximum Gasteiger partial charge on any atom is 0.213 e. The molecule has 0 aliphatic rings. The number of aromatic amines is 1. The fraction of sp³-hybridized carbons (Fsp3) is 0.250. The molecule has 0 saturated heterocycles. The highest BCUT2D eigenvalue weighted by atomic mass is 79.9. The number of hydrogen-bond donors (Lipinski definition) is 1. The third kappa shape index (κ3) is 3.97. The van der Waals surface area contributed by atoms with Crippen LogP contribution >= 0.6 is 27.7 Å². The molecule has 20 heavy (non-hydrogen) atoms. The van der Waals surface area contributed by atoms with Gasteiger partial charge in [-0.1, -0.05) is 6.92 Å². The second-order valence-corrected chi connectivity index (χ2v) is 5.65. The number of aliphatic carboxylic acids is 1. The van der Waals surface area contributed by atoms with Crippen molar-refractivity contribution in [3.05, 3.63) is 33.3 Å². The first kappa shape index (κ1) is 14.9. The molecule has 0 atom stereocenters. The average Bonchev–Trinajstić information content (AvgIpc) is 2.99. The number of carbonyl (C=O) groups excluding carboxylic acids is 1. The fourth-order valence-corrected chi connectivity index (χ4v) is 2.46. The highest BCUT2D eigenvalue weighted by molar-refractivity contribution is 9.10. The number of carboxylic acid groups (broad SMARTS) is 1. The SMILES string of the molecule is CCCc1nc(S/C(=C/c2ccc(Br)o2)C(=O)[O-])n[nH]1. The van der Waals surface area contributed by atoms with E-state index in [0.29, 0.717) is 15.6 Å². The molecule has 0 bridgehead atoms. The zero-order valence-corrected chi connectivity index (χ0v) is 13.0. The minimum atomic E-state index is -1.30. The van der Waals surface area contributed by atoms with E-state index in [9.17, 15) is 9.90 Å². The number of carboxylic acids is 1. The second kappa shape index (κ2) is 6.76. The summed E-state index contributed by atoms with van der Waals surface area (Å²) >= 11 is 4.07. The summed E-state index contributed by atoms with van der Waals surface area (Å²) in [6.07, 6.45) is 3.08. The van der Waals surface area contributed by atoms with E-state index in [-0.39, 0.29) is 4.91 Å². The summed E-state index contributed by atoms with van der Waals surface area (Å²) < 4.78 is 5.76. The Kier molecular flexibility index (Phi) is 5.02. The third-order valence-electron chi connectivity index (χ3n) is 2.27. The van der Waals surface area contributed by atoms with Crippen molar-refractivity contribution in [2.24, 2.45) is 0 Å². The van der Waals surface area contributed by atoms with Gasteiger partial charge in [0.05, 0.1) is 5.97 Å². The van der Waals surface area contributed by atoms with E-state index in [2.05, 4.69) is 31.1 Å². The van der Waals surface area contributed by atoms with Crippen molar-refractivity contribution in [3.63, 3.8) is 0 Å². The van der Waals surface area contributed by atoms with E-state index in [1.165, 1.54) is 6.08 Å². The second-order valence-electron chi connectivity index (χ2n) is 3.85. The zero-order valence-electron chi connectivity index (χ0n) is 10.6. The lowest BCUT2D eigenvalue weighted by Crippen LogP contribution is -2.23. The first-order valence-electron chi connectivity index (χ1n) is 5.86. The molecule has 2 heterocycles. The minimum Gasteiger partial charge on any atom is -0.544 e. The summed E-state index contributed by atoms with van der Waals surface area (Å²) in [6.45, 7) is 2.02. The summed E-state index contributed by atoms with van der Waals surface area (Å²) in [5, 5.41) is 18.2. The van der Waals surface area contributed by atoms with Crippen LogP contribution in [0.25, 0.3) is 6.08 Å². The number of carbonyl (C=O) groups is 1. The fourth-order valence-electron chi connectivity index (χ4n) is 1.44. The molecule has 0 fully saturated rings. The molecule has 8 heteroatoms.